The van der Waals surface area contributed by atoms with Gasteiger partial charge in [0.05, 0.1) is 16.3 Å². The molecule has 5 nitrogen and oxygen atoms in total. The Bertz CT molecular complexity index is 501. The maximum atomic E-state index is 11.9. The van der Waals surface area contributed by atoms with E-state index in [-0.39, 0.29) is 5.91 Å². The molecule has 1 aromatic rings. The van der Waals surface area contributed by atoms with E-state index in [4.69, 9.17) is 5.73 Å². The van der Waals surface area contributed by atoms with E-state index in [0.717, 1.165) is 30.9 Å². The molecule has 1 amide bonds. The average molecular weight is 295 g/mol. The van der Waals surface area contributed by atoms with Crippen molar-refractivity contribution in [3.05, 3.63) is 23.6 Å². The van der Waals surface area contributed by atoms with Gasteiger partial charge in [0, 0.05) is 19.6 Å². The monoisotopic (exact) mass is 295 g/mol. The van der Waals surface area contributed by atoms with Gasteiger partial charge in [-0.05, 0) is 25.8 Å². The Hall–Kier alpha value is -1.53. The molecular formula is C14H21N3O2S. The molecule has 2 rings (SSSR count). The Morgan fingerprint density at radius 2 is 2.30 bits per heavy atom. The van der Waals surface area contributed by atoms with Gasteiger partial charge in [0.15, 0.2) is 0 Å². The minimum atomic E-state index is -0.580. The summed E-state index contributed by atoms with van der Waals surface area (Å²) in [5.41, 5.74) is 5.85. The quantitative estimate of drug-likeness (QED) is 0.737. The molecule has 20 heavy (non-hydrogen) atoms. The predicted octanol–water partition coefficient (Wildman–Crippen LogP) is 1.60. The topological polar surface area (TPSA) is 78.6 Å². The van der Waals surface area contributed by atoms with Gasteiger partial charge in [-0.25, -0.2) is 0 Å². The molecule has 0 spiro atoms. The molecule has 1 aromatic heterocycles. The lowest BCUT2D eigenvalue weighted by Crippen LogP contribution is -2.42. The van der Waals surface area contributed by atoms with E-state index in [2.05, 4.69) is 16.8 Å². The number of hydrogen-bond acceptors (Lipinski definition) is 5. The summed E-state index contributed by atoms with van der Waals surface area (Å²) < 4.78 is 0. The Labute approximate surface area is 123 Å². The van der Waals surface area contributed by atoms with Crippen molar-refractivity contribution in [2.75, 3.05) is 30.3 Å². The van der Waals surface area contributed by atoms with Gasteiger partial charge in [-0.15, -0.1) is 17.9 Å². The first-order valence-corrected chi connectivity index (χ1v) is 7.50. The van der Waals surface area contributed by atoms with Gasteiger partial charge in [-0.1, -0.05) is 6.08 Å². The van der Waals surface area contributed by atoms with Crippen molar-refractivity contribution in [3.8, 4) is 0 Å². The summed E-state index contributed by atoms with van der Waals surface area (Å²) in [4.78, 5) is 14.6. The zero-order valence-corrected chi connectivity index (χ0v) is 12.5. The van der Waals surface area contributed by atoms with Crippen LogP contribution in [0.15, 0.2) is 18.7 Å². The van der Waals surface area contributed by atoms with Crippen molar-refractivity contribution in [1.82, 2.24) is 5.32 Å². The molecule has 2 heterocycles. The predicted molar refractivity (Wildman–Crippen MR) is 83.3 cm³/mol. The third-order valence-corrected chi connectivity index (χ3v) is 4.72. The van der Waals surface area contributed by atoms with Crippen LogP contribution in [0.3, 0.4) is 0 Å². The highest BCUT2D eigenvalue weighted by Crippen LogP contribution is 2.35. The van der Waals surface area contributed by atoms with Crippen LogP contribution in [0.2, 0.25) is 0 Å². The van der Waals surface area contributed by atoms with Crippen molar-refractivity contribution in [2.24, 2.45) is 0 Å². The number of aliphatic hydroxyl groups is 1. The fourth-order valence-electron chi connectivity index (χ4n) is 2.18. The number of carbonyl (C=O) groups excluding carboxylic acids is 1. The lowest BCUT2D eigenvalue weighted by atomic mass is 9.94. The van der Waals surface area contributed by atoms with E-state index in [1.54, 1.807) is 6.08 Å². The molecule has 0 radical (unpaired) electrons. The normalized spacial score (nSPS) is 17.8. The summed E-state index contributed by atoms with van der Waals surface area (Å²) in [6, 6.07) is 1.84. The molecule has 0 aromatic carbocycles. The van der Waals surface area contributed by atoms with Crippen molar-refractivity contribution in [1.29, 1.82) is 0 Å². The van der Waals surface area contributed by atoms with Crippen molar-refractivity contribution < 1.29 is 9.90 Å². The molecule has 110 valence electrons. The maximum absolute atomic E-state index is 11.9. The van der Waals surface area contributed by atoms with Crippen LogP contribution < -0.4 is 16.0 Å². The second-order valence-corrected chi connectivity index (χ2v) is 6.38. The van der Waals surface area contributed by atoms with E-state index < -0.39 is 5.60 Å². The lowest BCUT2D eigenvalue weighted by molar-refractivity contribution is 0.0352. The first kappa shape index (κ1) is 14.9. The van der Waals surface area contributed by atoms with Crippen molar-refractivity contribution in [2.45, 2.75) is 25.4 Å². The van der Waals surface area contributed by atoms with Crippen LogP contribution in [0.4, 0.5) is 10.7 Å². The van der Waals surface area contributed by atoms with E-state index >= 15 is 0 Å². The summed E-state index contributed by atoms with van der Waals surface area (Å²) >= 11 is 1.40. The summed E-state index contributed by atoms with van der Waals surface area (Å²) in [6.45, 7) is 7.41. The number of amides is 1. The number of thiophene rings is 1. The largest absolute Gasteiger partial charge is 0.397 e. The zero-order chi connectivity index (χ0) is 14.8. The Kier molecular flexibility index (Phi) is 4.35. The number of nitrogens with zero attached hydrogens (tertiary/aromatic N) is 1. The van der Waals surface area contributed by atoms with E-state index in [1.165, 1.54) is 11.3 Å². The number of carbonyl (C=O) groups is 1. The molecular weight excluding hydrogens is 274 g/mol. The Balaban J connectivity index is 2.07. The third kappa shape index (κ3) is 3.32. The number of nitrogen functional groups attached to an aromatic ring is 1. The SMILES string of the molecule is C=CCNC(=O)c1sc(N2CCC(C)(O)CC2)cc1N. The van der Waals surface area contributed by atoms with E-state index in [1.807, 2.05) is 13.0 Å². The molecule has 1 aliphatic rings. The first-order chi connectivity index (χ1) is 9.43. The van der Waals surface area contributed by atoms with E-state index in [0.29, 0.717) is 17.1 Å². The minimum Gasteiger partial charge on any atom is -0.397 e. The van der Waals surface area contributed by atoms with E-state index in [9.17, 15) is 9.90 Å². The average Bonchev–Trinajstić information content (AvgIpc) is 2.78. The van der Waals surface area contributed by atoms with Gasteiger partial charge in [-0.2, -0.15) is 0 Å². The van der Waals surface area contributed by atoms with Gasteiger partial charge in [0.2, 0.25) is 0 Å². The summed E-state index contributed by atoms with van der Waals surface area (Å²) in [5.74, 6) is -0.164. The van der Waals surface area contributed by atoms with Crippen LogP contribution in [0, 0.1) is 0 Å². The highest BCUT2D eigenvalue weighted by atomic mass is 32.1. The van der Waals surface area contributed by atoms with Gasteiger partial charge in [0.1, 0.15) is 4.88 Å². The van der Waals surface area contributed by atoms with Crippen molar-refractivity contribution >= 4 is 27.9 Å². The number of rotatable bonds is 4. The molecule has 0 unspecified atom stereocenters. The van der Waals surface area contributed by atoms with Crippen LogP contribution in [0.25, 0.3) is 0 Å². The smallest absolute Gasteiger partial charge is 0.263 e. The van der Waals surface area contributed by atoms with Crippen LogP contribution in [-0.2, 0) is 0 Å². The number of nitrogens with one attached hydrogen (secondary N) is 1. The summed E-state index contributed by atoms with van der Waals surface area (Å²) in [7, 11) is 0. The lowest BCUT2D eigenvalue weighted by Gasteiger charge is -2.36. The molecule has 0 saturated carbocycles. The molecule has 1 saturated heterocycles. The highest BCUT2D eigenvalue weighted by Gasteiger charge is 2.28. The Morgan fingerprint density at radius 1 is 1.65 bits per heavy atom. The molecule has 6 heteroatoms. The molecule has 0 aliphatic carbocycles. The summed E-state index contributed by atoms with van der Waals surface area (Å²) in [5, 5.41) is 13.7. The molecule has 4 N–H and O–H groups in total. The standard InChI is InChI=1S/C14H21N3O2S/c1-3-6-16-13(18)12-10(15)9-11(20-12)17-7-4-14(2,19)5-8-17/h3,9,19H,1,4-8,15H2,2H3,(H,16,18). The first-order valence-electron chi connectivity index (χ1n) is 6.69. The van der Waals surface area contributed by atoms with Gasteiger partial charge in [0.25, 0.3) is 5.91 Å². The second-order valence-electron chi connectivity index (χ2n) is 5.35. The molecule has 0 atom stereocenters. The number of nitrogens with two attached hydrogens (primary N) is 1. The minimum absolute atomic E-state index is 0.164. The van der Waals surface area contributed by atoms with Gasteiger partial charge in [-0.3, -0.25) is 4.79 Å². The van der Waals surface area contributed by atoms with Crippen LogP contribution in [0.1, 0.15) is 29.4 Å². The van der Waals surface area contributed by atoms with Gasteiger partial charge >= 0.3 is 0 Å². The fraction of sp³-hybridized carbons (Fsp3) is 0.500. The second kappa shape index (κ2) is 5.85. The number of hydrogen-bond donors (Lipinski definition) is 3. The van der Waals surface area contributed by atoms with Crippen molar-refractivity contribution in [3.63, 3.8) is 0 Å². The number of anilines is 2. The van der Waals surface area contributed by atoms with Crippen LogP contribution in [0.5, 0.6) is 0 Å². The summed E-state index contributed by atoms with van der Waals surface area (Å²) in [6.07, 6.45) is 3.08. The van der Waals surface area contributed by atoms with Crippen LogP contribution >= 0.6 is 11.3 Å². The third-order valence-electron chi connectivity index (χ3n) is 3.51. The molecule has 1 aliphatic heterocycles. The maximum Gasteiger partial charge on any atom is 0.263 e. The number of piperidine rings is 1. The zero-order valence-electron chi connectivity index (χ0n) is 11.7. The highest BCUT2D eigenvalue weighted by molar-refractivity contribution is 7.18. The van der Waals surface area contributed by atoms with Crippen LogP contribution in [-0.4, -0.2) is 36.2 Å². The molecule has 1 fully saturated rings. The van der Waals surface area contributed by atoms with Gasteiger partial charge < -0.3 is 21.1 Å². The fourth-order valence-corrected chi connectivity index (χ4v) is 3.23. The molecule has 0 bridgehead atoms. The Morgan fingerprint density at radius 3 is 2.90 bits per heavy atom.